The Morgan fingerprint density at radius 2 is 1.00 bits per heavy atom. The van der Waals surface area contributed by atoms with Crippen LogP contribution in [0.5, 0.6) is 0 Å². The SMILES string of the molecule is CCCCC#Cc1ccc(C#Cc2ccc(-c3ccc(CCCCCC)cc3)cc2)cc1. The molecule has 0 heterocycles. The van der Waals surface area contributed by atoms with Crippen LogP contribution in [-0.4, -0.2) is 0 Å². The van der Waals surface area contributed by atoms with Crippen molar-refractivity contribution in [3.63, 3.8) is 0 Å². The lowest BCUT2D eigenvalue weighted by Crippen LogP contribution is -1.86. The van der Waals surface area contributed by atoms with Crippen LogP contribution in [0.4, 0.5) is 0 Å². The summed E-state index contributed by atoms with van der Waals surface area (Å²) >= 11 is 0. The highest BCUT2D eigenvalue weighted by atomic mass is 14.0. The second-order valence-corrected chi connectivity index (χ2v) is 8.32. The number of unbranched alkanes of at least 4 members (excludes halogenated alkanes) is 5. The van der Waals surface area contributed by atoms with Crippen molar-refractivity contribution in [2.24, 2.45) is 0 Å². The molecule has 0 aromatic heterocycles. The van der Waals surface area contributed by atoms with E-state index in [0.29, 0.717) is 0 Å². The Hall–Kier alpha value is -3.22. The highest BCUT2D eigenvalue weighted by Gasteiger charge is 1.99. The van der Waals surface area contributed by atoms with E-state index in [4.69, 9.17) is 0 Å². The molecule has 3 aromatic rings. The molecule has 0 aliphatic heterocycles. The molecule has 0 amide bonds. The molecule has 3 aromatic carbocycles. The average Bonchev–Trinajstić information content (AvgIpc) is 2.85. The fourth-order valence-electron chi connectivity index (χ4n) is 3.58. The van der Waals surface area contributed by atoms with Crippen LogP contribution in [0.15, 0.2) is 72.8 Å². The first kappa shape index (κ1) is 23.4. The summed E-state index contributed by atoms with van der Waals surface area (Å²) in [5, 5.41) is 0. The maximum atomic E-state index is 3.28. The first-order valence-electron chi connectivity index (χ1n) is 12.1. The second-order valence-electron chi connectivity index (χ2n) is 8.32. The molecule has 3 rings (SSSR count). The van der Waals surface area contributed by atoms with E-state index in [1.165, 1.54) is 61.6 Å². The number of benzene rings is 3. The van der Waals surface area contributed by atoms with Crippen LogP contribution in [0.3, 0.4) is 0 Å². The van der Waals surface area contributed by atoms with E-state index in [0.717, 1.165) is 23.1 Å². The summed E-state index contributed by atoms with van der Waals surface area (Å²) in [5.41, 5.74) is 7.04. The van der Waals surface area contributed by atoms with Crippen LogP contribution in [0.2, 0.25) is 0 Å². The fourth-order valence-corrected chi connectivity index (χ4v) is 3.58. The van der Waals surface area contributed by atoms with Crippen LogP contribution in [-0.2, 0) is 6.42 Å². The van der Waals surface area contributed by atoms with Crippen molar-refractivity contribution in [3.8, 4) is 34.8 Å². The predicted molar refractivity (Wildman–Crippen MR) is 139 cm³/mol. The molecule has 0 saturated heterocycles. The summed E-state index contributed by atoms with van der Waals surface area (Å²) < 4.78 is 0. The molecule has 0 fully saturated rings. The number of aryl methyl sites for hydroxylation is 1. The van der Waals surface area contributed by atoms with Gasteiger partial charge in [0, 0.05) is 23.1 Å². The normalized spacial score (nSPS) is 10.1. The Bertz CT molecular complexity index is 1060. The van der Waals surface area contributed by atoms with Gasteiger partial charge in [-0.1, -0.05) is 99.6 Å². The van der Waals surface area contributed by atoms with E-state index in [1.54, 1.807) is 0 Å². The van der Waals surface area contributed by atoms with E-state index in [2.05, 4.69) is 110 Å². The first-order valence-corrected chi connectivity index (χ1v) is 12.1. The van der Waals surface area contributed by atoms with E-state index in [-0.39, 0.29) is 0 Å². The lowest BCUT2D eigenvalue weighted by Gasteiger charge is -2.05. The Morgan fingerprint density at radius 1 is 0.500 bits per heavy atom. The molecule has 0 radical (unpaired) electrons. The van der Waals surface area contributed by atoms with Crippen molar-refractivity contribution in [3.05, 3.63) is 95.1 Å². The van der Waals surface area contributed by atoms with Crippen LogP contribution < -0.4 is 0 Å². The predicted octanol–water partition coefficient (Wildman–Crippen LogP) is 8.42. The molecule has 0 atom stereocenters. The zero-order chi connectivity index (χ0) is 22.4. The maximum absolute atomic E-state index is 3.28. The second kappa shape index (κ2) is 13.2. The van der Waals surface area contributed by atoms with Crippen molar-refractivity contribution in [1.82, 2.24) is 0 Å². The van der Waals surface area contributed by atoms with Gasteiger partial charge in [0.15, 0.2) is 0 Å². The van der Waals surface area contributed by atoms with E-state index >= 15 is 0 Å². The van der Waals surface area contributed by atoms with Gasteiger partial charge in [0.25, 0.3) is 0 Å². The minimum Gasteiger partial charge on any atom is -0.0979 e. The largest absolute Gasteiger partial charge is 0.0979 e. The molecule has 0 saturated carbocycles. The standard InChI is InChI=1S/C32H34/c1-3-5-7-9-11-27-13-15-29(16-14-27)17-18-30-21-25-32(26-22-30)31-23-19-28(20-24-31)12-10-8-6-4-2/h13-16,19-26H,3-8,10,12H2,1-2H3. The quantitative estimate of drug-likeness (QED) is 0.254. The third-order valence-electron chi connectivity index (χ3n) is 5.62. The van der Waals surface area contributed by atoms with Crippen LogP contribution in [0.25, 0.3) is 11.1 Å². The zero-order valence-corrected chi connectivity index (χ0v) is 19.6. The lowest BCUT2D eigenvalue weighted by atomic mass is 10.0. The highest BCUT2D eigenvalue weighted by molar-refractivity contribution is 5.64. The molecule has 0 aliphatic carbocycles. The monoisotopic (exact) mass is 418 g/mol. The number of hydrogen-bond acceptors (Lipinski definition) is 0. The molecule has 0 heteroatoms. The molecular formula is C32H34. The van der Waals surface area contributed by atoms with Crippen molar-refractivity contribution in [2.45, 2.75) is 65.2 Å². The first-order chi connectivity index (χ1) is 15.8. The van der Waals surface area contributed by atoms with Crippen LogP contribution in [0, 0.1) is 23.7 Å². The Balaban J connectivity index is 1.57. The van der Waals surface area contributed by atoms with E-state index in [9.17, 15) is 0 Å². The molecule has 0 nitrogen and oxygen atoms in total. The van der Waals surface area contributed by atoms with Crippen molar-refractivity contribution >= 4 is 0 Å². The van der Waals surface area contributed by atoms with Gasteiger partial charge in [-0.15, -0.1) is 0 Å². The smallest absolute Gasteiger partial charge is 0.0249 e. The summed E-state index contributed by atoms with van der Waals surface area (Å²) in [6.07, 6.45) is 9.76. The van der Waals surface area contributed by atoms with E-state index < -0.39 is 0 Å². The van der Waals surface area contributed by atoms with Gasteiger partial charge in [0.05, 0.1) is 0 Å². The Morgan fingerprint density at radius 3 is 1.56 bits per heavy atom. The topological polar surface area (TPSA) is 0 Å². The van der Waals surface area contributed by atoms with Crippen LogP contribution >= 0.6 is 0 Å². The molecule has 0 bridgehead atoms. The number of hydrogen-bond donors (Lipinski definition) is 0. The fraction of sp³-hybridized carbons (Fsp3) is 0.312. The molecule has 162 valence electrons. The average molecular weight is 419 g/mol. The summed E-state index contributed by atoms with van der Waals surface area (Å²) in [5.74, 6) is 13.0. The minimum atomic E-state index is 0.969. The van der Waals surface area contributed by atoms with Gasteiger partial charge >= 0.3 is 0 Å². The summed E-state index contributed by atoms with van der Waals surface area (Å²) in [4.78, 5) is 0. The maximum Gasteiger partial charge on any atom is 0.0249 e. The Labute approximate surface area is 195 Å². The molecule has 0 spiro atoms. The Kier molecular flexibility index (Phi) is 9.71. The summed E-state index contributed by atoms with van der Waals surface area (Å²) in [7, 11) is 0. The number of rotatable bonds is 8. The van der Waals surface area contributed by atoms with Crippen LogP contribution in [0.1, 0.15) is 81.0 Å². The minimum absolute atomic E-state index is 0.969. The molecular weight excluding hydrogens is 384 g/mol. The van der Waals surface area contributed by atoms with Gasteiger partial charge in [-0.2, -0.15) is 0 Å². The van der Waals surface area contributed by atoms with Crippen molar-refractivity contribution in [2.75, 3.05) is 0 Å². The van der Waals surface area contributed by atoms with Crippen molar-refractivity contribution in [1.29, 1.82) is 0 Å². The zero-order valence-electron chi connectivity index (χ0n) is 19.6. The van der Waals surface area contributed by atoms with Crippen molar-refractivity contribution < 1.29 is 0 Å². The third-order valence-corrected chi connectivity index (χ3v) is 5.62. The lowest BCUT2D eigenvalue weighted by molar-refractivity contribution is 0.667. The molecule has 0 N–H and O–H groups in total. The van der Waals surface area contributed by atoms with Gasteiger partial charge in [-0.05, 0) is 72.4 Å². The van der Waals surface area contributed by atoms with Gasteiger partial charge < -0.3 is 0 Å². The highest BCUT2D eigenvalue weighted by Crippen LogP contribution is 2.21. The van der Waals surface area contributed by atoms with Gasteiger partial charge in [-0.3, -0.25) is 0 Å². The van der Waals surface area contributed by atoms with E-state index in [1.807, 2.05) is 0 Å². The third kappa shape index (κ3) is 7.80. The van der Waals surface area contributed by atoms with Gasteiger partial charge in [-0.25, -0.2) is 0 Å². The molecule has 32 heavy (non-hydrogen) atoms. The molecule has 0 unspecified atom stereocenters. The molecule has 0 aliphatic rings. The van der Waals surface area contributed by atoms with Gasteiger partial charge in [0.1, 0.15) is 0 Å². The summed E-state index contributed by atoms with van der Waals surface area (Å²) in [6.45, 7) is 4.45. The van der Waals surface area contributed by atoms with Gasteiger partial charge in [0.2, 0.25) is 0 Å². The summed E-state index contributed by atoms with van der Waals surface area (Å²) in [6, 6.07) is 25.8.